The molecule has 0 aromatic carbocycles. The van der Waals surface area contributed by atoms with E-state index in [2.05, 4.69) is 10.3 Å². The lowest BCUT2D eigenvalue weighted by Crippen LogP contribution is -2.53. The molecule has 3 unspecified atom stereocenters. The Balaban J connectivity index is 1.32. The number of nitrogens with one attached hydrogen (secondary N) is 1. The molecule has 4 heterocycles. The van der Waals surface area contributed by atoms with Gasteiger partial charge in [0.15, 0.2) is 0 Å². The first kappa shape index (κ1) is 15.7. The molecule has 2 bridgehead atoms. The summed E-state index contributed by atoms with van der Waals surface area (Å²) in [5.41, 5.74) is 0. The summed E-state index contributed by atoms with van der Waals surface area (Å²) in [6, 6.07) is 6.34. The normalized spacial score (nSPS) is 31.9. The maximum Gasteiger partial charge on any atom is 0.317 e. The Morgan fingerprint density at radius 3 is 2.79 bits per heavy atom. The molecule has 0 spiro atoms. The van der Waals surface area contributed by atoms with Crippen molar-refractivity contribution < 1.29 is 14.3 Å². The summed E-state index contributed by atoms with van der Waals surface area (Å²) in [6.45, 7) is 1.45. The number of amides is 2. The zero-order valence-electron chi connectivity index (χ0n) is 13.9. The third-order valence-corrected chi connectivity index (χ3v) is 5.35. The number of aromatic nitrogens is 1. The Bertz CT molecular complexity index is 548. The summed E-state index contributed by atoms with van der Waals surface area (Å²) in [5.74, 6) is 0.679. The minimum absolute atomic E-state index is 0.0642. The van der Waals surface area contributed by atoms with Gasteiger partial charge in [0.25, 0.3) is 0 Å². The predicted molar refractivity (Wildman–Crippen MR) is 88.9 cm³/mol. The van der Waals surface area contributed by atoms with Crippen molar-refractivity contribution in [3.63, 3.8) is 0 Å². The molecule has 0 aliphatic carbocycles. The molecule has 130 valence electrons. The van der Waals surface area contributed by atoms with E-state index in [1.54, 1.807) is 6.20 Å². The molecular formula is C18H25N3O3. The molecule has 0 radical (unpaired) electrons. The number of hydrogen-bond acceptors (Lipinski definition) is 4. The van der Waals surface area contributed by atoms with Crippen LogP contribution in [0.2, 0.25) is 0 Å². The van der Waals surface area contributed by atoms with Crippen molar-refractivity contribution in [2.24, 2.45) is 0 Å². The molecule has 24 heavy (non-hydrogen) atoms. The zero-order chi connectivity index (χ0) is 16.4. The highest BCUT2D eigenvalue weighted by Gasteiger charge is 2.44. The van der Waals surface area contributed by atoms with Gasteiger partial charge in [0.05, 0.1) is 6.10 Å². The van der Waals surface area contributed by atoms with Gasteiger partial charge in [-0.15, -0.1) is 0 Å². The Kier molecular flexibility index (Phi) is 4.56. The van der Waals surface area contributed by atoms with E-state index in [1.807, 2.05) is 23.1 Å². The lowest BCUT2D eigenvalue weighted by molar-refractivity contribution is 0.0628. The molecule has 6 heteroatoms. The fraction of sp³-hybridized carbons (Fsp3) is 0.667. The molecule has 2 amide bonds. The molecule has 0 saturated carbocycles. The smallest absolute Gasteiger partial charge is 0.317 e. The number of ether oxygens (including phenoxy) is 2. The summed E-state index contributed by atoms with van der Waals surface area (Å²) in [6.07, 6.45) is 8.16. The quantitative estimate of drug-likeness (QED) is 0.920. The monoisotopic (exact) mass is 331 g/mol. The van der Waals surface area contributed by atoms with Crippen molar-refractivity contribution in [2.75, 3.05) is 13.2 Å². The van der Waals surface area contributed by atoms with Crippen LogP contribution in [0.5, 0.6) is 5.88 Å². The maximum absolute atomic E-state index is 12.6. The van der Waals surface area contributed by atoms with E-state index in [1.165, 1.54) is 0 Å². The summed E-state index contributed by atoms with van der Waals surface area (Å²) in [4.78, 5) is 18.9. The summed E-state index contributed by atoms with van der Waals surface area (Å²) in [7, 11) is 0. The average molecular weight is 331 g/mol. The highest BCUT2D eigenvalue weighted by molar-refractivity contribution is 5.75. The van der Waals surface area contributed by atoms with Gasteiger partial charge >= 0.3 is 6.03 Å². The van der Waals surface area contributed by atoms with Crippen LogP contribution in [-0.2, 0) is 4.74 Å². The highest BCUT2D eigenvalue weighted by Crippen LogP contribution is 2.37. The van der Waals surface area contributed by atoms with Gasteiger partial charge in [-0.1, -0.05) is 6.07 Å². The number of hydrogen-bond donors (Lipinski definition) is 1. The van der Waals surface area contributed by atoms with Crippen LogP contribution >= 0.6 is 0 Å². The van der Waals surface area contributed by atoms with Gasteiger partial charge in [0.2, 0.25) is 5.88 Å². The number of urea groups is 1. The minimum Gasteiger partial charge on any atom is -0.474 e. The Hall–Kier alpha value is -1.82. The Morgan fingerprint density at radius 1 is 1.29 bits per heavy atom. The van der Waals surface area contributed by atoms with Crippen molar-refractivity contribution in [2.45, 2.75) is 62.8 Å². The second-order valence-corrected chi connectivity index (χ2v) is 6.99. The standard InChI is InChI=1S/C18H25N3O3/c22-18(20-12-15-4-3-9-23-15)21-13-6-7-14(21)11-16(10-13)24-17-5-1-2-8-19-17/h1-2,5,8,13-16H,3-4,6-7,9-12H2,(H,20,22). The summed E-state index contributed by atoms with van der Waals surface area (Å²) < 4.78 is 11.6. The third-order valence-electron chi connectivity index (χ3n) is 5.35. The van der Waals surface area contributed by atoms with Crippen LogP contribution in [0.25, 0.3) is 0 Å². The predicted octanol–water partition coefficient (Wildman–Crippen LogP) is 2.34. The average Bonchev–Trinajstić information content (AvgIpc) is 3.20. The van der Waals surface area contributed by atoms with Gasteiger partial charge in [0, 0.05) is 50.3 Å². The Morgan fingerprint density at radius 2 is 2.12 bits per heavy atom. The molecule has 3 saturated heterocycles. The number of rotatable bonds is 4. The SMILES string of the molecule is O=C(NCC1CCCO1)N1C2CCC1CC(Oc1ccccn1)C2. The highest BCUT2D eigenvalue weighted by atomic mass is 16.5. The molecule has 3 aliphatic rings. The summed E-state index contributed by atoms with van der Waals surface area (Å²) in [5, 5.41) is 3.07. The lowest BCUT2D eigenvalue weighted by atomic mass is 10.00. The number of pyridine rings is 1. The molecule has 1 aromatic rings. The number of piperidine rings is 1. The van der Waals surface area contributed by atoms with Crippen LogP contribution in [0.4, 0.5) is 4.79 Å². The largest absolute Gasteiger partial charge is 0.474 e. The van der Waals surface area contributed by atoms with Gasteiger partial charge in [-0.25, -0.2) is 9.78 Å². The maximum atomic E-state index is 12.6. The topological polar surface area (TPSA) is 63.7 Å². The Labute approximate surface area is 142 Å². The summed E-state index contributed by atoms with van der Waals surface area (Å²) >= 11 is 0. The molecule has 3 fully saturated rings. The van der Waals surface area contributed by atoms with E-state index in [9.17, 15) is 4.79 Å². The van der Waals surface area contributed by atoms with Crippen molar-refractivity contribution in [1.82, 2.24) is 15.2 Å². The van der Waals surface area contributed by atoms with Gasteiger partial charge in [-0.2, -0.15) is 0 Å². The molecule has 1 aromatic heterocycles. The van der Waals surface area contributed by atoms with E-state index in [4.69, 9.17) is 9.47 Å². The fourth-order valence-corrected chi connectivity index (χ4v) is 4.24. The first-order valence-corrected chi connectivity index (χ1v) is 9.05. The van der Waals surface area contributed by atoms with Crippen LogP contribution in [0, 0.1) is 0 Å². The second-order valence-electron chi connectivity index (χ2n) is 6.99. The van der Waals surface area contributed by atoms with Crippen LogP contribution in [-0.4, -0.2) is 53.4 Å². The zero-order valence-corrected chi connectivity index (χ0v) is 13.9. The van der Waals surface area contributed by atoms with Gasteiger partial charge in [0.1, 0.15) is 6.10 Å². The fourth-order valence-electron chi connectivity index (χ4n) is 4.24. The van der Waals surface area contributed by atoms with Crippen molar-refractivity contribution in [3.8, 4) is 5.88 Å². The number of fused-ring (bicyclic) bond motifs is 2. The number of carbonyl (C=O) groups is 1. The van der Waals surface area contributed by atoms with E-state index >= 15 is 0 Å². The van der Waals surface area contributed by atoms with E-state index in [-0.39, 0.29) is 30.3 Å². The van der Waals surface area contributed by atoms with Crippen LogP contribution in [0.15, 0.2) is 24.4 Å². The van der Waals surface area contributed by atoms with Crippen LogP contribution in [0.1, 0.15) is 38.5 Å². The number of nitrogens with zero attached hydrogens (tertiary/aromatic N) is 2. The van der Waals surface area contributed by atoms with E-state index in [0.29, 0.717) is 12.4 Å². The molecular weight excluding hydrogens is 306 g/mol. The van der Waals surface area contributed by atoms with Crippen molar-refractivity contribution >= 4 is 6.03 Å². The van der Waals surface area contributed by atoms with E-state index < -0.39 is 0 Å². The first-order valence-electron chi connectivity index (χ1n) is 9.05. The third kappa shape index (κ3) is 3.34. The van der Waals surface area contributed by atoms with Crippen molar-refractivity contribution in [1.29, 1.82) is 0 Å². The number of carbonyl (C=O) groups excluding carboxylic acids is 1. The molecule has 6 nitrogen and oxygen atoms in total. The molecule has 3 atom stereocenters. The minimum atomic E-state index is 0.0642. The molecule has 3 aliphatic heterocycles. The second kappa shape index (κ2) is 6.97. The van der Waals surface area contributed by atoms with Crippen LogP contribution < -0.4 is 10.1 Å². The molecule has 1 N–H and O–H groups in total. The lowest BCUT2D eigenvalue weighted by Gasteiger charge is -2.38. The van der Waals surface area contributed by atoms with Crippen LogP contribution in [0.3, 0.4) is 0 Å². The van der Waals surface area contributed by atoms with Crippen molar-refractivity contribution in [3.05, 3.63) is 24.4 Å². The van der Waals surface area contributed by atoms with E-state index in [0.717, 1.165) is 45.1 Å². The van der Waals surface area contributed by atoms with Gasteiger partial charge in [-0.05, 0) is 31.7 Å². The van der Waals surface area contributed by atoms with Gasteiger partial charge in [-0.3, -0.25) is 0 Å². The first-order chi connectivity index (χ1) is 11.8. The molecule has 4 rings (SSSR count). The van der Waals surface area contributed by atoms with Gasteiger partial charge < -0.3 is 19.7 Å².